The minimum atomic E-state index is -0.213. The van der Waals surface area contributed by atoms with Crippen LogP contribution in [0.4, 0.5) is 0 Å². The number of phenolic OH excluding ortho intramolecular Hbond substituents is 2. The Bertz CT molecular complexity index is 971. The van der Waals surface area contributed by atoms with Crippen LogP contribution in [0.1, 0.15) is 21.5 Å². The molecule has 3 N–H and O–H groups in total. The van der Waals surface area contributed by atoms with Gasteiger partial charge in [-0.3, -0.25) is 14.5 Å². The minimum absolute atomic E-state index is 0.128. The number of amides is 2. The second-order valence-corrected chi connectivity index (χ2v) is 7.87. The van der Waals surface area contributed by atoms with Crippen molar-refractivity contribution in [3.63, 3.8) is 0 Å². The first-order chi connectivity index (χ1) is 13.3. The van der Waals surface area contributed by atoms with E-state index in [0.717, 1.165) is 11.1 Å². The van der Waals surface area contributed by atoms with Crippen LogP contribution >= 0.6 is 24.0 Å². The van der Waals surface area contributed by atoms with Crippen molar-refractivity contribution in [2.45, 2.75) is 6.42 Å². The van der Waals surface area contributed by atoms with Crippen molar-refractivity contribution < 1.29 is 19.8 Å². The lowest BCUT2D eigenvalue weighted by Gasteiger charge is -2.07. The molecule has 6 nitrogen and oxygen atoms in total. The first-order valence-electron chi connectivity index (χ1n) is 8.46. The third-order valence-corrected chi connectivity index (χ3v) is 5.68. The molecule has 2 aromatic rings. The van der Waals surface area contributed by atoms with E-state index in [1.807, 2.05) is 0 Å². The highest BCUT2D eigenvalue weighted by Crippen LogP contribution is 2.31. The summed E-state index contributed by atoms with van der Waals surface area (Å²) in [6.07, 6.45) is 2.28. The molecule has 3 rings (SSSR count). The molecule has 1 aliphatic rings. The zero-order valence-corrected chi connectivity index (χ0v) is 16.6. The molecule has 0 aromatic heterocycles. The number of nitrogens with one attached hydrogen (secondary N) is 1. The topological polar surface area (TPSA) is 89.9 Å². The summed E-state index contributed by atoms with van der Waals surface area (Å²) in [6.45, 7) is 0.393. The van der Waals surface area contributed by atoms with Gasteiger partial charge in [0.1, 0.15) is 4.32 Å². The number of carbonyl (C=O) groups excluding carboxylic acids is 2. The van der Waals surface area contributed by atoms with Gasteiger partial charge in [0.25, 0.3) is 11.8 Å². The molecule has 144 valence electrons. The van der Waals surface area contributed by atoms with Gasteiger partial charge in [-0.2, -0.15) is 0 Å². The van der Waals surface area contributed by atoms with Crippen molar-refractivity contribution in [1.82, 2.24) is 10.2 Å². The number of hydrogen-bond acceptors (Lipinski definition) is 6. The third-order valence-electron chi connectivity index (χ3n) is 4.20. The van der Waals surface area contributed by atoms with Crippen LogP contribution in [-0.4, -0.2) is 44.8 Å². The predicted octanol–water partition coefficient (Wildman–Crippen LogP) is 2.90. The standard InChI is InChI=1S/C20H18N2O4S2/c1-22-19(26)17(28-20(22)27)11-12-2-5-14(6-3-12)18(25)21-9-8-13-4-7-15(23)16(24)10-13/h2-7,10-11,23-24H,8-9H2,1H3,(H,21,25). The number of aromatic hydroxyl groups is 2. The number of hydrogen-bond donors (Lipinski definition) is 3. The number of thiocarbonyl (C=S) groups is 1. The molecular weight excluding hydrogens is 396 g/mol. The van der Waals surface area contributed by atoms with Gasteiger partial charge in [-0.05, 0) is 47.9 Å². The van der Waals surface area contributed by atoms with Crippen molar-refractivity contribution in [2.75, 3.05) is 13.6 Å². The minimum Gasteiger partial charge on any atom is -0.504 e. The van der Waals surface area contributed by atoms with Crippen molar-refractivity contribution in [3.05, 3.63) is 64.1 Å². The average Bonchev–Trinajstić information content (AvgIpc) is 2.92. The second kappa shape index (κ2) is 8.45. The summed E-state index contributed by atoms with van der Waals surface area (Å²) < 4.78 is 0.522. The van der Waals surface area contributed by atoms with Crippen molar-refractivity contribution in [3.8, 4) is 11.5 Å². The molecule has 0 aliphatic carbocycles. The van der Waals surface area contributed by atoms with Gasteiger partial charge in [0.05, 0.1) is 4.91 Å². The van der Waals surface area contributed by atoms with Gasteiger partial charge in [0.2, 0.25) is 0 Å². The Morgan fingerprint density at radius 2 is 1.89 bits per heavy atom. The quantitative estimate of drug-likeness (QED) is 0.396. The number of nitrogens with zero attached hydrogens (tertiary/aromatic N) is 1. The van der Waals surface area contributed by atoms with Crippen LogP contribution in [0, 0.1) is 0 Å². The number of thioether (sulfide) groups is 1. The lowest BCUT2D eigenvalue weighted by molar-refractivity contribution is -0.121. The van der Waals surface area contributed by atoms with Crippen LogP contribution in [-0.2, 0) is 11.2 Å². The molecule has 0 unspecified atom stereocenters. The highest BCUT2D eigenvalue weighted by Gasteiger charge is 2.28. The second-order valence-electron chi connectivity index (χ2n) is 6.19. The molecule has 28 heavy (non-hydrogen) atoms. The summed E-state index contributed by atoms with van der Waals surface area (Å²) in [5.41, 5.74) is 2.12. The molecule has 1 aliphatic heterocycles. The average molecular weight is 415 g/mol. The summed E-state index contributed by atoms with van der Waals surface area (Å²) >= 11 is 6.36. The lowest BCUT2D eigenvalue weighted by atomic mass is 10.1. The number of phenols is 2. The molecule has 0 atom stereocenters. The van der Waals surface area contributed by atoms with Crippen LogP contribution in [0.2, 0.25) is 0 Å². The lowest BCUT2D eigenvalue weighted by Crippen LogP contribution is -2.25. The van der Waals surface area contributed by atoms with Crippen molar-refractivity contribution in [2.24, 2.45) is 0 Å². The molecule has 0 bridgehead atoms. The summed E-state index contributed by atoms with van der Waals surface area (Å²) in [7, 11) is 1.64. The molecule has 2 aromatic carbocycles. The Hall–Kier alpha value is -2.84. The molecule has 2 amide bonds. The van der Waals surface area contributed by atoms with E-state index in [2.05, 4.69) is 5.32 Å². The van der Waals surface area contributed by atoms with E-state index >= 15 is 0 Å². The summed E-state index contributed by atoms with van der Waals surface area (Å²) in [5, 5.41) is 21.6. The summed E-state index contributed by atoms with van der Waals surface area (Å²) in [4.78, 5) is 26.3. The Kier molecular flexibility index (Phi) is 6.01. The molecule has 1 saturated heterocycles. The molecule has 1 heterocycles. The van der Waals surface area contributed by atoms with Crippen LogP contribution in [0.15, 0.2) is 47.4 Å². The van der Waals surface area contributed by atoms with Crippen LogP contribution in [0.5, 0.6) is 11.5 Å². The first-order valence-corrected chi connectivity index (χ1v) is 9.68. The normalized spacial score (nSPS) is 15.3. The molecular formula is C20H18N2O4S2. The zero-order valence-electron chi connectivity index (χ0n) is 15.0. The largest absolute Gasteiger partial charge is 0.504 e. The molecule has 0 saturated carbocycles. The Morgan fingerprint density at radius 3 is 2.50 bits per heavy atom. The Labute approximate surface area is 171 Å². The molecule has 1 fully saturated rings. The van der Waals surface area contributed by atoms with E-state index in [1.54, 1.807) is 43.5 Å². The van der Waals surface area contributed by atoms with E-state index in [4.69, 9.17) is 12.2 Å². The van der Waals surface area contributed by atoms with E-state index in [1.165, 1.54) is 28.8 Å². The fourth-order valence-electron chi connectivity index (χ4n) is 2.57. The third kappa shape index (κ3) is 4.52. The monoisotopic (exact) mass is 414 g/mol. The maximum Gasteiger partial charge on any atom is 0.265 e. The number of benzene rings is 2. The van der Waals surface area contributed by atoms with E-state index in [0.29, 0.717) is 27.8 Å². The van der Waals surface area contributed by atoms with Crippen LogP contribution in [0.25, 0.3) is 6.08 Å². The van der Waals surface area contributed by atoms with Crippen LogP contribution < -0.4 is 5.32 Å². The molecule has 8 heteroatoms. The summed E-state index contributed by atoms with van der Waals surface area (Å²) in [6, 6.07) is 11.5. The van der Waals surface area contributed by atoms with Crippen molar-refractivity contribution in [1.29, 1.82) is 0 Å². The highest BCUT2D eigenvalue weighted by molar-refractivity contribution is 8.26. The zero-order chi connectivity index (χ0) is 20.3. The summed E-state index contributed by atoms with van der Waals surface area (Å²) in [5.74, 6) is -0.695. The van der Waals surface area contributed by atoms with Gasteiger partial charge in [0, 0.05) is 19.2 Å². The maximum absolute atomic E-state index is 12.3. The van der Waals surface area contributed by atoms with Gasteiger partial charge >= 0.3 is 0 Å². The van der Waals surface area contributed by atoms with Crippen molar-refractivity contribution >= 4 is 46.2 Å². The fourth-order valence-corrected chi connectivity index (χ4v) is 3.75. The van der Waals surface area contributed by atoms with Crippen LogP contribution in [0.3, 0.4) is 0 Å². The van der Waals surface area contributed by atoms with E-state index in [-0.39, 0.29) is 23.3 Å². The molecule has 0 radical (unpaired) electrons. The number of rotatable bonds is 5. The van der Waals surface area contributed by atoms with Gasteiger partial charge in [-0.15, -0.1) is 0 Å². The Balaban J connectivity index is 1.57. The van der Waals surface area contributed by atoms with E-state index < -0.39 is 0 Å². The fraction of sp³-hybridized carbons (Fsp3) is 0.150. The smallest absolute Gasteiger partial charge is 0.265 e. The number of likely N-dealkylation sites (N-methyl/N-ethyl adjacent to an activating group) is 1. The van der Waals surface area contributed by atoms with Gasteiger partial charge in [-0.25, -0.2) is 0 Å². The first kappa shape index (κ1) is 19.9. The highest BCUT2D eigenvalue weighted by atomic mass is 32.2. The van der Waals surface area contributed by atoms with Gasteiger partial charge in [-0.1, -0.05) is 42.2 Å². The predicted molar refractivity (Wildman–Crippen MR) is 113 cm³/mol. The Morgan fingerprint density at radius 1 is 1.18 bits per heavy atom. The van der Waals surface area contributed by atoms with Gasteiger partial charge in [0.15, 0.2) is 11.5 Å². The SMILES string of the molecule is CN1C(=O)C(=Cc2ccc(C(=O)NCCc3ccc(O)c(O)c3)cc2)SC1=S. The molecule has 0 spiro atoms. The maximum atomic E-state index is 12.3. The van der Waals surface area contributed by atoms with Gasteiger partial charge < -0.3 is 15.5 Å². The van der Waals surface area contributed by atoms with E-state index in [9.17, 15) is 19.8 Å². The number of carbonyl (C=O) groups is 2.